The fourth-order valence-corrected chi connectivity index (χ4v) is 2.98. The molecule has 190 valence electrons. The van der Waals surface area contributed by atoms with E-state index in [9.17, 15) is 39.6 Å². The van der Waals surface area contributed by atoms with E-state index in [1.807, 2.05) is 0 Å². The molecule has 3 amide bonds. The average Bonchev–Trinajstić information content (AvgIpc) is 2.74. The van der Waals surface area contributed by atoms with Gasteiger partial charge in [0.05, 0.1) is 12.2 Å². The van der Waals surface area contributed by atoms with Crippen LogP contribution in [0.25, 0.3) is 0 Å². The Morgan fingerprint density at radius 3 is 1.79 bits per heavy atom. The molecule has 0 aromatic heterocycles. The summed E-state index contributed by atoms with van der Waals surface area (Å²) in [4.78, 5) is 49.5. The first-order chi connectivity index (χ1) is 15.7. The van der Waals surface area contributed by atoms with E-state index in [2.05, 4.69) is 16.0 Å². The molecule has 1 aromatic rings. The van der Waals surface area contributed by atoms with Gasteiger partial charge in [0.2, 0.25) is 17.7 Å². The molecule has 12 nitrogen and oxygen atoms in total. The first-order valence-corrected chi connectivity index (χ1v) is 10.8. The molecule has 0 saturated heterocycles. The zero-order chi connectivity index (χ0) is 26.2. The number of benzene rings is 1. The molecular formula is C22H34N4O8. The molecule has 1 rings (SSSR count). The highest BCUT2D eigenvalue weighted by Gasteiger charge is 2.33. The second-order valence-electron chi connectivity index (χ2n) is 8.49. The van der Waals surface area contributed by atoms with Crippen LogP contribution in [0.15, 0.2) is 24.3 Å². The summed E-state index contributed by atoms with van der Waals surface area (Å²) in [7, 11) is 0. The summed E-state index contributed by atoms with van der Waals surface area (Å²) in [6, 6.07) is 0.622. The highest BCUT2D eigenvalue weighted by Crippen LogP contribution is 2.12. The van der Waals surface area contributed by atoms with Crippen LogP contribution in [0.3, 0.4) is 0 Å². The van der Waals surface area contributed by atoms with Crippen LogP contribution in [0.1, 0.15) is 33.3 Å². The number of aromatic hydroxyl groups is 1. The Morgan fingerprint density at radius 2 is 1.35 bits per heavy atom. The lowest BCUT2D eigenvalue weighted by Crippen LogP contribution is -2.60. The lowest BCUT2D eigenvalue weighted by molar-refractivity contribution is -0.145. The topological polar surface area (TPSA) is 211 Å². The summed E-state index contributed by atoms with van der Waals surface area (Å²) in [5.41, 5.74) is 6.24. The van der Waals surface area contributed by atoms with Gasteiger partial charge < -0.3 is 42.1 Å². The van der Waals surface area contributed by atoms with Crippen LogP contribution >= 0.6 is 0 Å². The average molecular weight is 483 g/mol. The van der Waals surface area contributed by atoms with Crippen LogP contribution in [0.5, 0.6) is 5.75 Å². The third-order valence-electron chi connectivity index (χ3n) is 5.12. The van der Waals surface area contributed by atoms with Crippen molar-refractivity contribution in [2.24, 2.45) is 11.7 Å². The number of rotatable bonds is 12. The minimum atomic E-state index is -1.58. The molecule has 0 aliphatic heterocycles. The standard InChI is InChI=1S/C22H34N4O8/c1-10(2)17(21(32)26-18(12(4)28)22(33)34)25-19(30)15(24-20(31)16(23)11(3)27)9-13-5-7-14(29)8-6-13/h5-8,10-12,15-18,27-29H,9,23H2,1-4H3,(H,24,31)(H,25,30)(H,26,32)(H,33,34). The molecule has 6 unspecified atom stereocenters. The summed E-state index contributed by atoms with van der Waals surface area (Å²) in [6.07, 6.45) is -2.59. The minimum absolute atomic E-state index is 0.00699. The van der Waals surface area contributed by atoms with Crippen molar-refractivity contribution in [3.63, 3.8) is 0 Å². The minimum Gasteiger partial charge on any atom is -0.508 e. The van der Waals surface area contributed by atoms with Gasteiger partial charge in [0.15, 0.2) is 6.04 Å². The van der Waals surface area contributed by atoms with Crippen LogP contribution in [0.2, 0.25) is 0 Å². The van der Waals surface area contributed by atoms with E-state index in [0.29, 0.717) is 5.56 Å². The van der Waals surface area contributed by atoms with Gasteiger partial charge in [0.25, 0.3) is 0 Å². The van der Waals surface area contributed by atoms with E-state index in [4.69, 9.17) is 5.73 Å². The van der Waals surface area contributed by atoms with Gasteiger partial charge in [-0.2, -0.15) is 0 Å². The number of carbonyl (C=O) groups excluding carboxylic acids is 3. The molecule has 0 saturated carbocycles. The molecule has 6 atom stereocenters. The fraction of sp³-hybridized carbons (Fsp3) is 0.545. The van der Waals surface area contributed by atoms with Crippen molar-refractivity contribution in [1.82, 2.24) is 16.0 Å². The predicted molar refractivity (Wildman–Crippen MR) is 121 cm³/mol. The lowest BCUT2D eigenvalue weighted by Gasteiger charge is -2.28. The molecule has 0 aliphatic carbocycles. The van der Waals surface area contributed by atoms with Crippen molar-refractivity contribution in [2.75, 3.05) is 0 Å². The normalized spacial score (nSPS) is 16.5. The third kappa shape index (κ3) is 8.61. The zero-order valence-electron chi connectivity index (χ0n) is 19.6. The fourth-order valence-electron chi connectivity index (χ4n) is 2.98. The van der Waals surface area contributed by atoms with Gasteiger partial charge in [-0.3, -0.25) is 14.4 Å². The molecule has 9 N–H and O–H groups in total. The monoisotopic (exact) mass is 482 g/mol. The van der Waals surface area contributed by atoms with E-state index >= 15 is 0 Å². The van der Waals surface area contributed by atoms with Gasteiger partial charge in [0, 0.05) is 6.42 Å². The molecule has 0 radical (unpaired) electrons. The van der Waals surface area contributed by atoms with Crippen LogP contribution in [-0.2, 0) is 25.6 Å². The van der Waals surface area contributed by atoms with Gasteiger partial charge in [-0.1, -0.05) is 26.0 Å². The van der Waals surface area contributed by atoms with Crippen LogP contribution < -0.4 is 21.7 Å². The van der Waals surface area contributed by atoms with Crippen LogP contribution in [0.4, 0.5) is 0 Å². The number of aliphatic hydroxyl groups excluding tert-OH is 2. The largest absolute Gasteiger partial charge is 0.508 e. The molecule has 0 aliphatic rings. The van der Waals surface area contributed by atoms with E-state index in [-0.39, 0.29) is 12.2 Å². The summed E-state index contributed by atoms with van der Waals surface area (Å²) < 4.78 is 0. The molecule has 34 heavy (non-hydrogen) atoms. The van der Waals surface area contributed by atoms with E-state index in [0.717, 1.165) is 0 Å². The van der Waals surface area contributed by atoms with E-state index < -0.39 is 66.0 Å². The Labute approximate surface area is 197 Å². The smallest absolute Gasteiger partial charge is 0.328 e. The highest BCUT2D eigenvalue weighted by atomic mass is 16.4. The summed E-state index contributed by atoms with van der Waals surface area (Å²) in [5, 5.41) is 45.1. The van der Waals surface area contributed by atoms with Gasteiger partial charge in [0.1, 0.15) is 23.9 Å². The maximum Gasteiger partial charge on any atom is 0.328 e. The number of phenols is 1. The van der Waals surface area contributed by atoms with Crippen molar-refractivity contribution in [3.8, 4) is 5.75 Å². The molecule has 12 heteroatoms. The maximum atomic E-state index is 13.1. The molecule has 1 aromatic carbocycles. The van der Waals surface area contributed by atoms with Gasteiger partial charge in [-0.05, 0) is 37.5 Å². The quantitative estimate of drug-likeness (QED) is 0.169. The number of aliphatic carboxylic acids is 1. The number of amides is 3. The SMILES string of the molecule is CC(C)C(NC(=O)C(Cc1ccc(O)cc1)NC(=O)C(N)C(C)O)C(=O)NC(C(=O)O)C(C)O. The van der Waals surface area contributed by atoms with E-state index in [1.165, 1.54) is 26.0 Å². The highest BCUT2D eigenvalue weighted by molar-refractivity contribution is 5.94. The Kier molecular flexibility index (Phi) is 10.9. The van der Waals surface area contributed by atoms with Crippen molar-refractivity contribution in [1.29, 1.82) is 0 Å². The number of aliphatic hydroxyl groups is 2. The molecule has 0 spiro atoms. The molecule has 0 fully saturated rings. The molecule has 0 bridgehead atoms. The number of carboxylic acid groups (broad SMARTS) is 1. The van der Waals surface area contributed by atoms with Crippen molar-refractivity contribution >= 4 is 23.7 Å². The zero-order valence-corrected chi connectivity index (χ0v) is 19.6. The van der Waals surface area contributed by atoms with Crippen molar-refractivity contribution in [3.05, 3.63) is 29.8 Å². The second-order valence-corrected chi connectivity index (χ2v) is 8.49. The summed E-state index contributed by atoms with van der Waals surface area (Å²) in [5.74, 6) is -4.28. The number of hydrogen-bond donors (Lipinski definition) is 8. The Balaban J connectivity index is 3.11. The van der Waals surface area contributed by atoms with Gasteiger partial charge in [-0.25, -0.2) is 4.79 Å². The number of hydrogen-bond acceptors (Lipinski definition) is 8. The first-order valence-electron chi connectivity index (χ1n) is 10.8. The Bertz CT molecular complexity index is 857. The van der Waals surface area contributed by atoms with E-state index in [1.54, 1.807) is 26.0 Å². The van der Waals surface area contributed by atoms with Gasteiger partial charge in [-0.15, -0.1) is 0 Å². The first kappa shape index (κ1) is 28.8. The van der Waals surface area contributed by atoms with Crippen LogP contribution in [0, 0.1) is 5.92 Å². The number of carbonyl (C=O) groups is 4. The Hall–Kier alpha value is -3.22. The second kappa shape index (κ2) is 12.9. The lowest BCUT2D eigenvalue weighted by atomic mass is 10.00. The number of nitrogens with two attached hydrogens (primary N) is 1. The summed E-state index contributed by atoms with van der Waals surface area (Å²) >= 11 is 0. The number of carboxylic acids is 1. The third-order valence-corrected chi connectivity index (χ3v) is 5.12. The van der Waals surface area contributed by atoms with Crippen molar-refractivity contribution in [2.45, 2.75) is 70.5 Å². The van der Waals surface area contributed by atoms with Gasteiger partial charge >= 0.3 is 5.97 Å². The summed E-state index contributed by atoms with van der Waals surface area (Å²) in [6.45, 7) is 5.77. The maximum absolute atomic E-state index is 13.1. The van der Waals surface area contributed by atoms with Crippen molar-refractivity contribution < 1.29 is 39.6 Å². The van der Waals surface area contributed by atoms with Crippen LogP contribution in [-0.4, -0.2) is 80.5 Å². The Morgan fingerprint density at radius 1 is 0.824 bits per heavy atom. The molecule has 0 heterocycles. The predicted octanol–water partition coefficient (Wildman–Crippen LogP) is -1.78. The number of phenolic OH excluding ortho intramolecular Hbond substituents is 1. The molecular weight excluding hydrogens is 448 g/mol. The number of nitrogens with one attached hydrogen (secondary N) is 3.